The van der Waals surface area contributed by atoms with Crippen molar-refractivity contribution < 1.29 is 0 Å². The molecule has 0 saturated carbocycles. The Hall–Kier alpha value is -0.750. The molecule has 1 heterocycles. The zero-order valence-electron chi connectivity index (χ0n) is 6.00. The lowest BCUT2D eigenvalue weighted by atomic mass is 10.5. The molecule has 0 bridgehead atoms. The Balaban J connectivity index is 2.29. The number of hydrogen-bond acceptors (Lipinski definition) is 4. The van der Waals surface area contributed by atoms with Gasteiger partial charge in [-0.15, -0.1) is 5.10 Å². The highest BCUT2D eigenvalue weighted by atomic mass is 32.1. The lowest BCUT2D eigenvalue weighted by molar-refractivity contribution is 0.846. The first-order valence-electron chi connectivity index (χ1n) is 3.04. The lowest BCUT2D eigenvalue weighted by Gasteiger charge is -2.02. The van der Waals surface area contributed by atoms with Crippen LogP contribution in [0, 0.1) is 0 Å². The molecule has 0 spiro atoms. The maximum Gasteiger partial charge on any atom is 0.166 e. The van der Waals surface area contributed by atoms with Gasteiger partial charge in [-0.05, 0) is 23.8 Å². The third kappa shape index (κ3) is 2.77. The maximum atomic E-state index is 4.86. The minimum Gasteiger partial charge on any atom is -0.366 e. The maximum absolute atomic E-state index is 4.86. The van der Waals surface area contributed by atoms with Gasteiger partial charge in [0, 0.05) is 12.4 Å². The fraction of sp³-hybridized carbons (Fsp3) is 0.400. The fourth-order valence-corrected chi connectivity index (χ4v) is 1.04. The minimum atomic E-state index is 0.623. The van der Waals surface area contributed by atoms with Gasteiger partial charge in [0.1, 0.15) is 0 Å². The van der Waals surface area contributed by atoms with E-state index >= 15 is 0 Å². The van der Waals surface area contributed by atoms with E-state index < -0.39 is 0 Å². The van der Waals surface area contributed by atoms with Crippen LogP contribution in [-0.2, 0) is 6.54 Å². The summed E-state index contributed by atoms with van der Waals surface area (Å²) in [6.07, 6.45) is 0. The predicted molar refractivity (Wildman–Crippen MR) is 48.4 cm³/mol. The van der Waals surface area contributed by atoms with Gasteiger partial charge in [-0.25, -0.2) is 0 Å². The standard InChI is InChI=1S/C5H8N4S2/c1-6-5(10)7-2-4-3-11-9-8-4/h3H,2H2,1H3,(H2,6,7,10). The van der Waals surface area contributed by atoms with Crippen molar-refractivity contribution in [3.8, 4) is 0 Å². The summed E-state index contributed by atoms with van der Waals surface area (Å²) >= 11 is 6.20. The SMILES string of the molecule is CNC(=S)NCc1csnn1. The van der Waals surface area contributed by atoms with Crippen molar-refractivity contribution >= 4 is 28.9 Å². The largest absolute Gasteiger partial charge is 0.366 e. The highest BCUT2D eigenvalue weighted by Crippen LogP contribution is 1.94. The van der Waals surface area contributed by atoms with Crippen molar-refractivity contribution in [1.82, 2.24) is 20.2 Å². The molecule has 0 fully saturated rings. The van der Waals surface area contributed by atoms with Gasteiger partial charge in [0.05, 0.1) is 12.2 Å². The van der Waals surface area contributed by atoms with Crippen molar-refractivity contribution in [3.05, 3.63) is 11.1 Å². The Kier molecular flexibility index (Phi) is 3.18. The summed E-state index contributed by atoms with van der Waals surface area (Å²) in [5.41, 5.74) is 0.910. The molecule has 1 aromatic heterocycles. The molecule has 0 saturated heterocycles. The highest BCUT2D eigenvalue weighted by Gasteiger charge is 1.95. The smallest absolute Gasteiger partial charge is 0.166 e. The molecule has 0 amide bonds. The normalized spacial score (nSPS) is 9.18. The van der Waals surface area contributed by atoms with Crippen molar-refractivity contribution in [3.63, 3.8) is 0 Å². The molecule has 0 aliphatic rings. The van der Waals surface area contributed by atoms with Crippen LogP contribution < -0.4 is 10.6 Å². The Morgan fingerprint density at radius 1 is 1.82 bits per heavy atom. The summed E-state index contributed by atoms with van der Waals surface area (Å²) in [7, 11) is 1.77. The van der Waals surface area contributed by atoms with E-state index in [1.54, 1.807) is 7.05 Å². The Labute approximate surface area is 74.2 Å². The van der Waals surface area contributed by atoms with Crippen LogP contribution in [0.15, 0.2) is 5.38 Å². The average Bonchev–Trinajstić information content (AvgIpc) is 2.52. The molecule has 60 valence electrons. The minimum absolute atomic E-state index is 0.623. The monoisotopic (exact) mass is 188 g/mol. The molecular formula is C5H8N4S2. The average molecular weight is 188 g/mol. The zero-order valence-corrected chi connectivity index (χ0v) is 7.63. The zero-order chi connectivity index (χ0) is 8.10. The number of rotatable bonds is 2. The van der Waals surface area contributed by atoms with Gasteiger partial charge in [0.2, 0.25) is 0 Å². The second-order valence-electron chi connectivity index (χ2n) is 1.83. The van der Waals surface area contributed by atoms with Gasteiger partial charge in [0.25, 0.3) is 0 Å². The first-order valence-corrected chi connectivity index (χ1v) is 4.29. The third-order valence-corrected chi connectivity index (χ3v) is 1.96. The van der Waals surface area contributed by atoms with E-state index in [2.05, 4.69) is 20.2 Å². The van der Waals surface area contributed by atoms with Crippen molar-refractivity contribution in [2.75, 3.05) is 7.05 Å². The van der Waals surface area contributed by atoms with E-state index in [-0.39, 0.29) is 0 Å². The molecule has 1 rings (SSSR count). The highest BCUT2D eigenvalue weighted by molar-refractivity contribution is 7.80. The molecule has 0 radical (unpaired) electrons. The predicted octanol–water partition coefficient (Wildman–Crippen LogP) is 0.132. The summed E-state index contributed by atoms with van der Waals surface area (Å²) < 4.78 is 3.71. The van der Waals surface area contributed by atoms with E-state index in [0.717, 1.165) is 5.69 Å². The summed E-state index contributed by atoms with van der Waals surface area (Å²) in [6, 6.07) is 0. The van der Waals surface area contributed by atoms with Crippen LogP contribution in [0.2, 0.25) is 0 Å². The van der Waals surface area contributed by atoms with Crippen LogP contribution in [0.25, 0.3) is 0 Å². The van der Waals surface area contributed by atoms with Gasteiger partial charge in [-0.3, -0.25) is 0 Å². The topological polar surface area (TPSA) is 49.8 Å². The molecule has 0 aliphatic carbocycles. The number of aromatic nitrogens is 2. The number of thiocarbonyl (C=S) groups is 1. The van der Waals surface area contributed by atoms with E-state index in [4.69, 9.17) is 12.2 Å². The summed E-state index contributed by atoms with van der Waals surface area (Å²) in [4.78, 5) is 0. The molecule has 0 atom stereocenters. The van der Waals surface area contributed by atoms with Gasteiger partial charge >= 0.3 is 0 Å². The van der Waals surface area contributed by atoms with E-state index in [0.29, 0.717) is 11.7 Å². The molecule has 0 unspecified atom stereocenters. The van der Waals surface area contributed by atoms with Crippen LogP contribution >= 0.6 is 23.8 Å². The van der Waals surface area contributed by atoms with Crippen molar-refractivity contribution in [2.45, 2.75) is 6.54 Å². The van der Waals surface area contributed by atoms with E-state index in [9.17, 15) is 0 Å². The molecule has 1 aromatic rings. The molecule has 11 heavy (non-hydrogen) atoms. The van der Waals surface area contributed by atoms with Crippen LogP contribution in [0.4, 0.5) is 0 Å². The molecule has 6 heteroatoms. The first kappa shape index (κ1) is 8.35. The molecule has 2 N–H and O–H groups in total. The molecular weight excluding hydrogens is 180 g/mol. The fourth-order valence-electron chi connectivity index (χ4n) is 0.520. The van der Waals surface area contributed by atoms with Crippen molar-refractivity contribution in [1.29, 1.82) is 0 Å². The third-order valence-electron chi connectivity index (χ3n) is 1.06. The van der Waals surface area contributed by atoms with Crippen LogP contribution in [0.3, 0.4) is 0 Å². The number of hydrogen-bond donors (Lipinski definition) is 2. The van der Waals surface area contributed by atoms with Crippen LogP contribution in [-0.4, -0.2) is 21.7 Å². The molecule has 0 aliphatic heterocycles. The summed E-state index contributed by atoms with van der Waals surface area (Å²) in [5, 5.41) is 12.1. The second kappa shape index (κ2) is 4.20. The second-order valence-corrected chi connectivity index (χ2v) is 2.85. The van der Waals surface area contributed by atoms with E-state index in [1.165, 1.54) is 11.5 Å². The molecule has 4 nitrogen and oxygen atoms in total. The Morgan fingerprint density at radius 3 is 3.18 bits per heavy atom. The lowest BCUT2D eigenvalue weighted by Crippen LogP contribution is -2.31. The van der Waals surface area contributed by atoms with Crippen LogP contribution in [0.1, 0.15) is 5.69 Å². The van der Waals surface area contributed by atoms with E-state index in [1.807, 2.05) is 5.38 Å². The van der Waals surface area contributed by atoms with Gasteiger partial charge < -0.3 is 10.6 Å². The number of nitrogens with one attached hydrogen (secondary N) is 2. The summed E-state index contributed by atoms with van der Waals surface area (Å²) in [6.45, 7) is 0.635. The quantitative estimate of drug-likeness (QED) is 0.646. The van der Waals surface area contributed by atoms with Crippen LogP contribution in [0.5, 0.6) is 0 Å². The van der Waals surface area contributed by atoms with Gasteiger partial charge in [-0.1, -0.05) is 4.49 Å². The Bertz CT molecular complexity index is 220. The van der Waals surface area contributed by atoms with Gasteiger partial charge in [0.15, 0.2) is 5.11 Å². The summed E-state index contributed by atoms with van der Waals surface area (Å²) in [5.74, 6) is 0. The number of nitrogens with zero attached hydrogens (tertiary/aromatic N) is 2. The van der Waals surface area contributed by atoms with Crippen molar-refractivity contribution in [2.24, 2.45) is 0 Å². The van der Waals surface area contributed by atoms with Gasteiger partial charge in [-0.2, -0.15) is 0 Å². The first-order chi connectivity index (χ1) is 5.33. The Morgan fingerprint density at radius 2 is 2.64 bits per heavy atom. The molecule has 0 aromatic carbocycles.